The fourth-order valence-electron chi connectivity index (χ4n) is 4.89. The van der Waals surface area contributed by atoms with Gasteiger partial charge in [0.1, 0.15) is 29.4 Å². The van der Waals surface area contributed by atoms with Crippen LogP contribution in [0.3, 0.4) is 0 Å². The molecule has 1 fully saturated rings. The van der Waals surface area contributed by atoms with Crippen molar-refractivity contribution in [1.82, 2.24) is 19.9 Å². The standard InChI is InChI=1S/C29H36N6O5/c1-15-24-18(27(37)40-29(15,5)6)8-9-22(34-24)33-23-10-19-20(11-31-23)25(32-12-21(19)28(3,4)30)39-17-13-35(14-17)26(36)16(2)38-7/h8-12,15-17H,13-14,30H2,1-7H3,(H,31,33,34)/t15-,16-/m1/s1. The van der Waals surface area contributed by atoms with Crippen LogP contribution in [0.5, 0.6) is 5.88 Å². The molecule has 3 N–H and O–H groups in total. The molecule has 11 heteroatoms. The van der Waals surface area contributed by atoms with E-state index >= 15 is 0 Å². The Morgan fingerprint density at radius 1 is 1.20 bits per heavy atom. The van der Waals surface area contributed by atoms with Gasteiger partial charge in [-0.3, -0.25) is 4.79 Å². The number of cyclic esters (lactones) is 1. The van der Waals surface area contributed by atoms with E-state index in [0.717, 1.165) is 10.9 Å². The second kappa shape index (κ2) is 9.97. The molecule has 0 bridgehead atoms. The minimum Gasteiger partial charge on any atom is -0.470 e. The monoisotopic (exact) mass is 548 g/mol. The van der Waals surface area contributed by atoms with Gasteiger partial charge in [-0.1, -0.05) is 6.92 Å². The van der Waals surface area contributed by atoms with Crippen LogP contribution in [-0.2, 0) is 19.8 Å². The van der Waals surface area contributed by atoms with Crippen LogP contribution in [0, 0.1) is 0 Å². The number of nitrogens with two attached hydrogens (primary N) is 1. The molecule has 0 aliphatic carbocycles. The summed E-state index contributed by atoms with van der Waals surface area (Å²) in [6.07, 6.45) is 2.75. The van der Waals surface area contributed by atoms with Gasteiger partial charge in [0.15, 0.2) is 0 Å². The molecule has 1 saturated heterocycles. The third-order valence-corrected chi connectivity index (χ3v) is 7.78. The highest BCUT2D eigenvalue weighted by molar-refractivity contribution is 5.93. The van der Waals surface area contributed by atoms with Crippen molar-refractivity contribution < 1.29 is 23.8 Å². The van der Waals surface area contributed by atoms with Gasteiger partial charge in [0.25, 0.3) is 5.91 Å². The molecular formula is C29H36N6O5. The number of pyridine rings is 3. The molecular weight excluding hydrogens is 512 g/mol. The number of nitrogens with one attached hydrogen (secondary N) is 1. The maximum absolute atomic E-state index is 12.5. The summed E-state index contributed by atoms with van der Waals surface area (Å²) >= 11 is 0. The highest BCUT2D eigenvalue weighted by Gasteiger charge is 2.40. The van der Waals surface area contributed by atoms with Gasteiger partial charge in [-0.15, -0.1) is 0 Å². The van der Waals surface area contributed by atoms with Crippen LogP contribution in [-0.4, -0.2) is 69.7 Å². The first-order valence-corrected chi connectivity index (χ1v) is 13.4. The molecule has 0 spiro atoms. The Morgan fingerprint density at radius 3 is 2.60 bits per heavy atom. The van der Waals surface area contributed by atoms with E-state index in [9.17, 15) is 9.59 Å². The van der Waals surface area contributed by atoms with E-state index in [1.54, 1.807) is 36.4 Å². The summed E-state index contributed by atoms with van der Waals surface area (Å²) in [4.78, 5) is 40.4. The first kappa shape index (κ1) is 27.7. The van der Waals surface area contributed by atoms with E-state index in [-0.39, 0.29) is 23.9 Å². The Bertz CT molecular complexity index is 1480. The molecule has 2 atom stereocenters. The first-order chi connectivity index (χ1) is 18.8. The average molecular weight is 549 g/mol. The second-order valence-electron chi connectivity index (χ2n) is 11.6. The summed E-state index contributed by atoms with van der Waals surface area (Å²) in [5.74, 6) is 1.03. The Morgan fingerprint density at radius 2 is 1.93 bits per heavy atom. The van der Waals surface area contributed by atoms with Gasteiger partial charge in [-0.25, -0.2) is 19.7 Å². The van der Waals surface area contributed by atoms with E-state index in [2.05, 4.69) is 15.3 Å². The van der Waals surface area contributed by atoms with Gasteiger partial charge < -0.3 is 30.2 Å². The number of fused-ring (bicyclic) bond motifs is 2. The van der Waals surface area contributed by atoms with Gasteiger partial charge in [-0.2, -0.15) is 0 Å². The number of likely N-dealkylation sites (tertiary alicyclic amines) is 1. The minimum absolute atomic E-state index is 0.0663. The molecule has 11 nitrogen and oxygen atoms in total. The number of esters is 1. The Hall–Kier alpha value is -3.83. The van der Waals surface area contributed by atoms with Gasteiger partial charge in [0.05, 0.1) is 29.7 Å². The van der Waals surface area contributed by atoms with Crippen LogP contribution in [0.15, 0.2) is 30.6 Å². The predicted octanol–water partition coefficient (Wildman–Crippen LogP) is 3.64. The summed E-state index contributed by atoms with van der Waals surface area (Å²) in [7, 11) is 1.52. The van der Waals surface area contributed by atoms with E-state index in [0.29, 0.717) is 47.2 Å². The lowest BCUT2D eigenvalue weighted by Crippen LogP contribution is -2.58. The number of hydrogen-bond acceptors (Lipinski definition) is 10. The lowest BCUT2D eigenvalue weighted by molar-refractivity contribution is -0.149. The molecule has 3 aromatic rings. The smallest absolute Gasteiger partial charge is 0.340 e. The van der Waals surface area contributed by atoms with Crippen molar-refractivity contribution in [3.05, 3.63) is 47.4 Å². The van der Waals surface area contributed by atoms with Crippen LogP contribution in [0.25, 0.3) is 10.8 Å². The van der Waals surface area contributed by atoms with Crippen LogP contribution in [0.4, 0.5) is 11.6 Å². The lowest BCUT2D eigenvalue weighted by Gasteiger charge is -2.39. The highest BCUT2D eigenvalue weighted by atomic mass is 16.6. The van der Waals surface area contributed by atoms with Crippen molar-refractivity contribution in [2.24, 2.45) is 5.73 Å². The molecule has 2 aliphatic rings. The van der Waals surface area contributed by atoms with E-state index < -0.39 is 17.2 Å². The van der Waals surface area contributed by atoms with E-state index in [1.807, 2.05) is 40.7 Å². The zero-order valence-electron chi connectivity index (χ0n) is 23.9. The normalized spacial score (nSPS) is 19.4. The second-order valence-corrected chi connectivity index (χ2v) is 11.6. The van der Waals surface area contributed by atoms with Gasteiger partial charge in [0, 0.05) is 31.0 Å². The summed E-state index contributed by atoms with van der Waals surface area (Å²) < 4.78 is 16.9. The molecule has 2 aliphatic heterocycles. The van der Waals surface area contributed by atoms with Crippen LogP contribution in [0.2, 0.25) is 0 Å². The number of carbonyl (C=O) groups is 2. The number of rotatable bonds is 7. The number of anilines is 2. The Labute approximate surface area is 233 Å². The molecule has 0 radical (unpaired) electrons. The largest absolute Gasteiger partial charge is 0.470 e. The highest BCUT2D eigenvalue weighted by Crippen LogP contribution is 2.38. The lowest BCUT2D eigenvalue weighted by atomic mass is 9.84. The first-order valence-electron chi connectivity index (χ1n) is 13.4. The number of amides is 1. The van der Waals surface area contributed by atoms with E-state index in [1.165, 1.54) is 7.11 Å². The number of aromatic nitrogens is 3. The van der Waals surface area contributed by atoms with Crippen molar-refractivity contribution in [2.75, 3.05) is 25.5 Å². The Kier molecular flexibility index (Phi) is 6.91. The maximum atomic E-state index is 12.5. The number of nitrogens with zero attached hydrogens (tertiary/aromatic N) is 4. The number of carbonyl (C=O) groups excluding carboxylic acids is 2. The fourth-order valence-corrected chi connectivity index (χ4v) is 4.89. The molecule has 5 heterocycles. The minimum atomic E-state index is -0.677. The van der Waals surface area contributed by atoms with Crippen LogP contribution >= 0.6 is 0 Å². The topological polar surface area (TPSA) is 142 Å². The number of methoxy groups -OCH3 is 1. The fraction of sp³-hybridized carbons (Fsp3) is 0.483. The molecule has 40 heavy (non-hydrogen) atoms. The van der Waals surface area contributed by atoms with Gasteiger partial charge >= 0.3 is 5.97 Å². The predicted molar refractivity (Wildman–Crippen MR) is 150 cm³/mol. The van der Waals surface area contributed by atoms with Crippen molar-refractivity contribution in [1.29, 1.82) is 0 Å². The van der Waals surface area contributed by atoms with Crippen LogP contribution in [0.1, 0.15) is 69.1 Å². The molecule has 0 saturated carbocycles. The summed E-state index contributed by atoms with van der Waals surface area (Å²) in [6, 6.07) is 5.36. The molecule has 0 aromatic carbocycles. The van der Waals surface area contributed by atoms with Gasteiger partial charge in [-0.05, 0) is 63.8 Å². The van der Waals surface area contributed by atoms with E-state index in [4.69, 9.17) is 24.9 Å². The maximum Gasteiger partial charge on any atom is 0.340 e. The Balaban J connectivity index is 1.42. The summed E-state index contributed by atoms with van der Waals surface area (Å²) in [5, 5.41) is 4.83. The molecule has 212 valence electrons. The molecule has 1 amide bonds. The van der Waals surface area contributed by atoms with Crippen LogP contribution < -0.4 is 15.8 Å². The SMILES string of the molecule is CO[C@H](C)C(=O)N1CC(Oc2ncc(C(C)(C)N)c3cc(Nc4ccc5c(n4)[C@@H](C)C(C)(C)OC5=O)ncc23)C1. The molecule has 3 aromatic heterocycles. The summed E-state index contributed by atoms with van der Waals surface area (Å²) in [5.41, 5.74) is 7.15. The summed E-state index contributed by atoms with van der Waals surface area (Å²) in [6.45, 7) is 12.2. The quantitative estimate of drug-likeness (QED) is 0.420. The zero-order valence-corrected chi connectivity index (χ0v) is 23.9. The van der Waals surface area contributed by atoms with Crippen molar-refractivity contribution in [2.45, 2.75) is 70.8 Å². The third kappa shape index (κ3) is 5.06. The van der Waals surface area contributed by atoms with Crippen molar-refractivity contribution in [3.8, 4) is 5.88 Å². The van der Waals surface area contributed by atoms with Crippen molar-refractivity contribution in [3.63, 3.8) is 0 Å². The molecule has 0 unspecified atom stereocenters. The molecule has 5 rings (SSSR count). The van der Waals surface area contributed by atoms with Crippen molar-refractivity contribution >= 4 is 34.3 Å². The average Bonchev–Trinajstić information content (AvgIpc) is 2.87. The number of hydrogen-bond donors (Lipinski definition) is 2. The third-order valence-electron chi connectivity index (χ3n) is 7.78. The zero-order chi connectivity index (χ0) is 29.0. The number of ether oxygens (including phenoxy) is 3. The van der Waals surface area contributed by atoms with Gasteiger partial charge in [0.2, 0.25) is 5.88 Å².